The van der Waals surface area contributed by atoms with Crippen molar-refractivity contribution in [3.8, 4) is 33.6 Å². The van der Waals surface area contributed by atoms with Gasteiger partial charge in [-0.05, 0) is 87.1 Å². The standard InChI is InChI=1S/C43H29NO/c1-26-21-22-40(29-12-9-11-28(24-29)30-18-10-19-36-35-17-7-8-20-41(35)45-43(30)36)44-42(26)37-25-39-34-16-6-4-14-32(34)31-13-3-5-15-33(31)38(39)23-27(37)2/h3-25H,1-2H3. The Hall–Kier alpha value is -5.73. The molecular formula is C43H29NO. The summed E-state index contributed by atoms with van der Waals surface area (Å²) < 4.78 is 6.37. The molecule has 0 amide bonds. The van der Waals surface area contributed by atoms with E-state index in [1.165, 1.54) is 43.4 Å². The molecule has 0 radical (unpaired) electrons. The monoisotopic (exact) mass is 575 g/mol. The highest BCUT2D eigenvalue weighted by Gasteiger charge is 2.16. The lowest BCUT2D eigenvalue weighted by Gasteiger charge is -2.16. The van der Waals surface area contributed by atoms with Crippen molar-refractivity contribution in [2.45, 2.75) is 13.8 Å². The van der Waals surface area contributed by atoms with E-state index in [0.717, 1.165) is 55.6 Å². The van der Waals surface area contributed by atoms with E-state index in [1.54, 1.807) is 0 Å². The minimum absolute atomic E-state index is 0.910. The number of nitrogens with zero attached hydrogens (tertiary/aromatic N) is 1. The van der Waals surface area contributed by atoms with Gasteiger partial charge in [-0.25, -0.2) is 4.98 Å². The van der Waals surface area contributed by atoms with Crippen LogP contribution in [0.5, 0.6) is 0 Å². The second kappa shape index (κ2) is 9.90. The second-order valence-corrected chi connectivity index (χ2v) is 12.0. The molecule has 0 aliphatic carbocycles. The van der Waals surface area contributed by atoms with Gasteiger partial charge in [0.1, 0.15) is 11.2 Å². The molecule has 212 valence electrons. The van der Waals surface area contributed by atoms with Gasteiger partial charge in [0.05, 0.1) is 11.4 Å². The van der Waals surface area contributed by atoms with Gasteiger partial charge in [-0.2, -0.15) is 0 Å². The predicted octanol–water partition coefficient (Wildman–Crippen LogP) is 12.1. The largest absolute Gasteiger partial charge is 0.455 e. The molecule has 2 heteroatoms. The van der Waals surface area contributed by atoms with Crippen LogP contribution in [0.3, 0.4) is 0 Å². The molecule has 0 aliphatic rings. The van der Waals surface area contributed by atoms with Crippen molar-refractivity contribution in [3.63, 3.8) is 0 Å². The van der Waals surface area contributed by atoms with Gasteiger partial charge < -0.3 is 4.42 Å². The summed E-state index contributed by atoms with van der Waals surface area (Å²) in [6.45, 7) is 4.37. The van der Waals surface area contributed by atoms with Gasteiger partial charge in [-0.15, -0.1) is 0 Å². The van der Waals surface area contributed by atoms with Crippen molar-refractivity contribution in [1.82, 2.24) is 4.98 Å². The number of benzene rings is 7. The molecule has 0 bridgehead atoms. The number of aromatic nitrogens is 1. The number of aryl methyl sites for hydroxylation is 2. The smallest absolute Gasteiger partial charge is 0.143 e. The second-order valence-electron chi connectivity index (χ2n) is 12.0. The lowest BCUT2D eigenvalue weighted by atomic mass is 9.90. The Morgan fingerprint density at radius 2 is 1.02 bits per heavy atom. The third kappa shape index (κ3) is 3.99. The van der Waals surface area contributed by atoms with Crippen LogP contribution in [0.2, 0.25) is 0 Å². The molecule has 0 spiro atoms. The fourth-order valence-electron chi connectivity index (χ4n) is 7.10. The third-order valence-electron chi connectivity index (χ3n) is 9.31. The first-order valence-electron chi connectivity index (χ1n) is 15.5. The van der Waals surface area contributed by atoms with E-state index in [1.807, 2.05) is 12.1 Å². The van der Waals surface area contributed by atoms with Crippen LogP contribution in [0.4, 0.5) is 0 Å². The molecule has 7 aromatic carbocycles. The fraction of sp³-hybridized carbons (Fsp3) is 0.0465. The van der Waals surface area contributed by atoms with Gasteiger partial charge >= 0.3 is 0 Å². The van der Waals surface area contributed by atoms with Gasteiger partial charge in [0.15, 0.2) is 0 Å². The van der Waals surface area contributed by atoms with Crippen LogP contribution >= 0.6 is 0 Å². The zero-order valence-electron chi connectivity index (χ0n) is 25.1. The normalized spacial score (nSPS) is 11.8. The first-order chi connectivity index (χ1) is 22.1. The lowest BCUT2D eigenvalue weighted by molar-refractivity contribution is 0.670. The van der Waals surface area contributed by atoms with E-state index >= 15 is 0 Å². The van der Waals surface area contributed by atoms with E-state index < -0.39 is 0 Å². The Labute approximate surface area is 261 Å². The molecule has 0 atom stereocenters. The van der Waals surface area contributed by atoms with Crippen LogP contribution in [-0.4, -0.2) is 4.98 Å². The zero-order chi connectivity index (χ0) is 30.1. The summed E-state index contributed by atoms with van der Waals surface area (Å²) in [5, 5.41) is 9.96. The van der Waals surface area contributed by atoms with Crippen LogP contribution in [0.1, 0.15) is 11.1 Å². The number of fused-ring (bicyclic) bond motifs is 9. The van der Waals surface area contributed by atoms with Gasteiger partial charge in [-0.3, -0.25) is 0 Å². The summed E-state index contributed by atoms with van der Waals surface area (Å²) in [7, 11) is 0. The van der Waals surface area contributed by atoms with Crippen LogP contribution in [0, 0.1) is 13.8 Å². The lowest BCUT2D eigenvalue weighted by Crippen LogP contribution is -1.95. The van der Waals surface area contributed by atoms with E-state index in [0.29, 0.717) is 0 Å². The average molecular weight is 576 g/mol. The van der Waals surface area contributed by atoms with E-state index in [-0.39, 0.29) is 0 Å². The summed E-state index contributed by atoms with van der Waals surface area (Å²) in [5.41, 5.74) is 10.6. The number of para-hydroxylation sites is 2. The minimum atomic E-state index is 0.910. The Morgan fingerprint density at radius 3 is 1.78 bits per heavy atom. The molecule has 9 aromatic rings. The Kier molecular flexibility index (Phi) is 5.66. The van der Waals surface area contributed by atoms with Crippen LogP contribution < -0.4 is 0 Å². The first-order valence-corrected chi connectivity index (χ1v) is 15.5. The average Bonchev–Trinajstić information content (AvgIpc) is 3.48. The summed E-state index contributed by atoms with van der Waals surface area (Å²) in [6.07, 6.45) is 0. The Balaban J connectivity index is 1.21. The van der Waals surface area contributed by atoms with Gasteiger partial charge in [0, 0.05) is 27.5 Å². The highest BCUT2D eigenvalue weighted by atomic mass is 16.3. The first kappa shape index (κ1) is 25.7. The maximum Gasteiger partial charge on any atom is 0.143 e. The molecule has 0 unspecified atom stereocenters. The van der Waals surface area contributed by atoms with Crippen molar-refractivity contribution < 1.29 is 4.42 Å². The fourth-order valence-corrected chi connectivity index (χ4v) is 7.10. The van der Waals surface area contributed by atoms with Crippen molar-refractivity contribution in [2.24, 2.45) is 0 Å². The summed E-state index contributed by atoms with van der Waals surface area (Å²) in [5.74, 6) is 0. The number of hydrogen-bond donors (Lipinski definition) is 0. The molecule has 9 rings (SSSR count). The van der Waals surface area contributed by atoms with E-state index in [2.05, 4.69) is 141 Å². The molecule has 2 aromatic heterocycles. The Morgan fingerprint density at radius 1 is 0.422 bits per heavy atom. The van der Waals surface area contributed by atoms with Crippen LogP contribution in [-0.2, 0) is 0 Å². The van der Waals surface area contributed by atoms with Crippen LogP contribution in [0.25, 0.3) is 87.9 Å². The topological polar surface area (TPSA) is 26.0 Å². The highest BCUT2D eigenvalue weighted by molar-refractivity contribution is 6.26. The molecule has 2 nitrogen and oxygen atoms in total. The van der Waals surface area contributed by atoms with Crippen molar-refractivity contribution in [1.29, 1.82) is 0 Å². The van der Waals surface area contributed by atoms with E-state index in [9.17, 15) is 0 Å². The summed E-state index contributed by atoms with van der Waals surface area (Å²) in [6, 6.07) is 49.8. The molecule has 0 saturated heterocycles. The quantitative estimate of drug-likeness (QED) is 0.196. The molecule has 2 heterocycles. The molecule has 0 N–H and O–H groups in total. The van der Waals surface area contributed by atoms with Gasteiger partial charge in [0.2, 0.25) is 0 Å². The van der Waals surface area contributed by atoms with E-state index in [4.69, 9.17) is 9.40 Å². The van der Waals surface area contributed by atoms with Gasteiger partial charge in [0.25, 0.3) is 0 Å². The maximum atomic E-state index is 6.37. The summed E-state index contributed by atoms with van der Waals surface area (Å²) in [4.78, 5) is 5.33. The minimum Gasteiger partial charge on any atom is -0.455 e. The molecular weight excluding hydrogens is 546 g/mol. The molecule has 0 saturated carbocycles. The van der Waals surface area contributed by atoms with Crippen molar-refractivity contribution in [2.75, 3.05) is 0 Å². The molecule has 0 aliphatic heterocycles. The maximum absolute atomic E-state index is 6.37. The zero-order valence-corrected chi connectivity index (χ0v) is 25.1. The number of pyridine rings is 1. The molecule has 0 fully saturated rings. The SMILES string of the molecule is Cc1cc2c3ccccc3c3ccccc3c2cc1-c1nc(-c2cccc(-c3cccc4c3oc3ccccc34)c2)ccc1C. The van der Waals surface area contributed by atoms with Crippen molar-refractivity contribution in [3.05, 3.63) is 151 Å². The van der Waals surface area contributed by atoms with Crippen molar-refractivity contribution >= 4 is 54.3 Å². The number of hydrogen-bond acceptors (Lipinski definition) is 2. The predicted molar refractivity (Wildman–Crippen MR) is 190 cm³/mol. The summed E-state index contributed by atoms with van der Waals surface area (Å²) >= 11 is 0. The third-order valence-corrected chi connectivity index (χ3v) is 9.31. The number of rotatable bonds is 3. The number of furan rings is 1. The Bertz CT molecular complexity index is 2620. The molecule has 45 heavy (non-hydrogen) atoms. The van der Waals surface area contributed by atoms with Crippen LogP contribution in [0.15, 0.2) is 144 Å². The van der Waals surface area contributed by atoms with Gasteiger partial charge in [-0.1, -0.05) is 115 Å². The highest BCUT2D eigenvalue weighted by Crippen LogP contribution is 2.40.